The summed E-state index contributed by atoms with van der Waals surface area (Å²) in [7, 11) is 0. The van der Waals surface area contributed by atoms with Crippen molar-refractivity contribution in [2.45, 2.75) is 25.6 Å². The first-order valence-corrected chi connectivity index (χ1v) is 6.89. The molecule has 0 fully saturated rings. The van der Waals surface area contributed by atoms with Crippen molar-refractivity contribution in [1.82, 2.24) is 4.98 Å². The van der Waals surface area contributed by atoms with Crippen molar-refractivity contribution in [2.24, 2.45) is 0 Å². The highest BCUT2D eigenvalue weighted by atomic mass is 19.4. The van der Waals surface area contributed by atoms with Crippen LogP contribution in [0, 0.1) is 6.92 Å². The quantitative estimate of drug-likeness (QED) is 0.721. The van der Waals surface area contributed by atoms with Gasteiger partial charge in [0.2, 0.25) is 0 Å². The van der Waals surface area contributed by atoms with Gasteiger partial charge in [0, 0.05) is 17.2 Å². The van der Waals surface area contributed by atoms with E-state index in [-0.39, 0.29) is 5.69 Å². The predicted molar refractivity (Wildman–Crippen MR) is 79.8 cm³/mol. The lowest BCUT2D eigenvalue weighted by Crippen LogP contribution is -2.30. The number of aliphatic hydroxyl groups excluding tert-OH is 1. The van der Waals surface area contributed by atoms with E-state index < -0.39 is 18.7 Å². The molecule has 0 amide bonds. The number of rotatable bonds is 2. The standard InChI is InChI=1S/C17H14F3NO/c1-10-6-7-14-13(8-10)11-4-2-3-5-12(11)15(21-14)9-16(22)17(18,19)20/h2-8,16,22H,9H2,1H3. The number of benzene rings is 2. The molecule has 1 heterocycles. The zero-order valence-corrected chi connectivity index (χ0v) is 11.9. The van der Waals surface area contributed by atoms with Gasteiger partial charge in [0.1, 0.15) is 0 Å². The summed E-state index contributed by atoms with van der Waals surface area (Å²) in [5.41, 5.74) is 1.95. The molecule has 1 unspecified atom stereocenters. The Morgan fingerprint density at radius 3 is 2.41 bits per heavy atom. The summed E-state index contributed by atoms with van der Waals surface area (Å²) in [6.45, 7) is 1.95. The maximum Gasteiger partial charge on any atom is 0.414 e. The van der Waals surface area contributed by atoms with E-state index >= 15 is 0 Å². The molecule has 0 spiro atoms. The highest BCUT2D eigenvalue weighted by molar-refractivity contribution is 6.06. The fraction of sp³-hybridized carbons (Fsp3) is 0.235. The van der Waals surface area contributed by atoms with E-state index in [1.165, 1.54) is 0 Å². The summed E-state index contributed by atoms with van der Waals surface area (Å²) in [5.74, 6) is 0. The summed E-state index contributed by atoms with van der Waals surface area (Å²) in [4.78, 5) is 4.34. The van der Waals surface area contributed by atoms with Gasteiger partial charge in [-0.15, -0.1) is 0 Å². The molecule has 1 N–H and O–H groups in total. The Balaban J connectivity index is 2.23. The molecular weight excluding hydrogens is 291 g/mol. The molecule has 0 bridgehead atoms. The first-order chi connectivity index (χ1) is 10.4. The number of alkyl halides is 3. The molecule has 114 valence electrons. The summed E-state index contributed by atoms with van der Waals surface area (Å²) >= 11 is 0. The number of halogens is 3. The van der Waals surface area contributed by atoms with Crippen LogP contribution in [0.25, 0.3) is 21.7 Å². The molecule has 0 saturated heterocycles. The molecule has 3 rings (SSSR count). The Kier molecular flexibility index (Phi) is 3.53. The van der Waals surface area contributed by atoms with Crippen LogP contribution in [-0.4, -0.2) is 22.4 Å². The van der Waals surface area contributed by atoms with Crippen molar-refractivity contribution < 1.29 is 18.3 Å². The zero-order valence-electron chi connectivity index (χ0n) is 11.9. The Bertz CT molecular complexity index is 842. The minimum atomic E-state index is -4.65. The average Bonchev–Trinajstić information content (AvgIpc) is 2.47. The second-order valence-electron chi connectivity index (χ2n) is 5.39. The molecule has 0 aliphatic heterocycles. The third-order valence-electron chi connectivity index (χ3n) is 3.70. The average molecular weight is 305 g/mol. The van der Waals surface area contributed by atoms with Crippen LogP contribution in [0.1, 0.15) is 11.3 Å². The molecule has 0 radical (unpaired) electrons. The van der Waals surface area contributed by atoms with Gasteiger partial charge < -0.3 is 5.11 Å². The van der Waals surface area contributed by atoms with Gasteiger partial charge in [-0.05, 0) is 24.4 Å². The summed E-state index contributed by atoms with van der Waals surface area (Å²) in [5, 5.41) is 11.7. The molecule has 3 aromatic rings. The number of fused-ring (bicyclic) bond motifs is 3. The van der Waals surface area contributed by atoms with E-state index in [0.29, 0.717) is 10.9 Å². The third kappa shape index (κ3) is 2.64. The van der Waals surface area contributed by atoms with Gasteiger partial charge >= 0.3 is 6.18 Å². The third-order valence-corrected chi connectivity index (χ3v) is 3.70. The van der Waals surface area contributed by atoms with E-state index in [2.05, 4.69) is 4.98 Å². The molecule has 2 nitrogen and oxygen atoms in total. The first-order valence-electron chi connectivity index (χ1n) is 6.89. The molecule has 0 aliphatic carbocycles. The lowest BCUT2D eigenvalue weighted by Gasteiger charge is -2.16. The summed E-state index contributed by atoms with van der Waals surface area (Å²) < 4.78 is 37.9. The van der Waals surface area contributed by atoms with Crippen LogP contribution in [0.4, 0.5) is 13.2 Å². The molecule has 0 aliphatic rings. The number of hydrogen-bond acceptors (Lipinski definition) is 2. The van der Waals surface area contributed by atoms with Crippen LogP contribution < -0.4 is 0 Å². The van der Waals surface area contributed by atoms with Crippen LogP contribution >= 0.6 is 0 Å². The van der Waals surface area contributed by atoms with Crippen molar-refractivity contribution in [2.75, 3.05) is 0 Å². The normalized spacial score (nSPS) is 13.7. The maximum absolute atomic E-state index is 12.6. The van der Waals surface area contributed by atoms with Crippen LogP contribution in [0.15, 0.2) is 42.5 Å². The Morgan fingerprint density at radius 2 is 1.73 bits per heavy atom. The molecule has 1 aromatic heterocycles. The van der Waals surface area contributed by atoms with E-state index in [1.807, 2.05) is 31.2 Å². The number of nitrogens with zero attached hydrogens (tertiary/aromatic N) is 1. The van der Waals surface area contributed by atoms with E-state index in [0.717, 1.165) is 16.3 Å². The fourth-order valence-electron chi connectivity index (χ4n) is 2.59. The Morgan fingerprint density at radius 1 is 1.05 bits per heavy atom. The van der Waals surface area contributed by atoms with Crippen molar-refractivity contribution >= 4 is 21.7 Å². The topological polar surface area (TPSA) is 33.1 Å². The molecule has 5 heteroatoms. The fourth-order valence-corrected chi connectivity index (χ4v) is 2.59. The summed E-state index contributed by atoms with van der Waals surface area (Å²) in [6, 6.07) is 12.8. The van der Waals surface area contributed by atoms with Crippen LogP contribution in [0.3, 0.4) is 0 Å². The second kappa shape index (κ2) is 5.25. The summed E-state index contributed by atoms with van der Waals surface area (Å²) in [6.07, 6.45) is -7.61. The smallest absolute Gasteiger partial charge is 0.383 e. The minimum Gasteiger partial charge on any atom is -0.383 e. The minimum absolute atomic E-state index is 0.261. The van der Waals surface area contributed by atoms with Gasteiger partial charge in [0.15, 0.2) is 6.10 Å². The van der Waals surface area contributed by atoms with Gasteiger partial charge in [-0.25, -0.2) is 0 Å². The van der Waals surface area contributed by atoms with Gasteiger partial charge in [-0.2, -0.15) is 13.2 Å². The van der Waals surface area contributed by atoms with Crippen molar-refractivity contribution in [3.63, 3.8) is 0 Å². The van der Waals surface area contributed by atoms with Crippen molar-refractivity contribution in [3.05, 3.63) is 53.7 Å². The number of aromatic nitrogens is 1. The van der Waals surface area contributed by atoms with E-state index in [1.54, 1.807) is 18.2 Å². The number of aryl methyl sites for hydroxylation is 1. The lowest BCUT2D eigenvalue weighted by molar-refractivity contribution is -0.203. The van der Waals surface area contributed by atoms with Gasteiger partial charge in [-0.1, -0.05) is 35.9 Å². The lowest BCUT2D eigenvalue weighted by atomic mass is 10.00. The van der Waals surface area contributed by atoms with Crippen LogP contribution in [0.2, 0.25) is 0 Å². The van der Waals surface area contributed by atoms with Crippen LogP contribution in [-0.2, 0) is 6.42 Å². The number of hydrogen-bond donors (Lipinski definition) is 1. The van der Waals surface area contributed by atoms with Gasteiger partial charge in [-0.3, -0.25) is 4.98 Å². The molecular formula is C17H14F3NO. The van der Waals surface area contributed by atoms with Crippen molar-refractivity contribution in [1.29, 1.82) is 0 Å². The number of pyridine rings is 1. The largest absolute Gasteiger partial charge is 0.414 e. The zero-order chi connectivity index (χ0) is 15.9. The van der Waals surface area contributed by atoms with Crippen LogP contribution in [0.5, 0.6) is 0 Å². The SMILES string of the molecule is Cc1ccc2nc(CC(O)C(F)(F)F)c3ccccc3c2c1. The monoisotopic (exact) mass is 305 g/mol. The molecule has 0 saturated carbocycles. The maximum atomic E-state index is 12.6. The Labute approximate surface area is 125 Å². The molecule has 1 atom stereocenters. The number of aliphatic hydroxyl groups is 1. The predicted octanol–water partition coefficient (Wildman–Crippen LogP) is 4.16. The van der Waals surface area contributed by atoms with Gasteiger partial charge in [0.05, 0.1) is 11.2 Å². The molecule has 22 heavy (non-hydrogen) atoms. The Hall–Kier alpha value is -2.14. The van der Waals surface area contributed by atoms with Crippen molar-refractivity contribution in [3.8, 4) is 0 Å². The highest BCUT2D eigenvalue weighted by Crippen LogP contribution is 2.30. The second-order valence-corrected chi connectivity index (χ2v) is 5.39. The first kappa shape index (κ1) is 14.8. The molecule has 2 aromatic carbocycles. The van der Waals surface area contributed by atoms with E-state index in [4.69, 9.17) is 0 Å². The highest BCUT2D eigenvalue weighted by Gasteiger charge is 2.38. The van der Waals surface area contributed by atoms with E-state index in [9.17, 15) is 18.3 Å². The van der Waals surface area contributed by atoms with Gasteiger partial charge in [0.25, 0.3) is 0 Å².